The van der Waals surface area contributed by atoms with E-state index in [1.54, 1.807) is 38.2 Å². The number of hydroxylamine groups is 1. The van der Waals surface area contributed by atoms with Gasteiger partial charge in [-0.3, -0.25) is 14.9 Å². The summed E-state index contributed by atoms with van der Waals surface area (Å²) < 4.78 is 0. The molecule has 0 saturated carbocycles. The van der Waals surface area contributed by atoms with Crippen molar-refractivity contribution in [3.8, 4) is 0 Å². The van der Waals surface area contributed by atoms with E-state index in [0.717, 1.165) is 0 Å². The Morgan fingerprint density at radius 3 is 2.57 bits per heavy atom. The van der Waals surface area contributed by atoms with Gasteiger partial charge in [-0.2, -0.15) is 0 Å². The van der Waals surface area contributed by atoms with E-state index in [0.29, 0.717) is 16.3 Å². The molecule has 0 aromatic heterocycles. The van der Waals surface area contributed by atoms with Gasteiger partial charge < -0.3 is 15.5 Å². The van der Waals surface area contributed by atoms with Gasteiger partial charge in [-0.05, 0) is 31.2 Å². The lowest BCUT2D eigenvalue weighted by Gasteiger charge is -2.18. The highest BCUT2D eigenvalue weighted by molar-refractivity contribution is 8.04. The van der Waals surface area contributed by atoms with Crippen molar-refractivity contribution in [1.82, 2.24) is 16.1 Å². The Morgan fingerprint density at radius 1 is 1.26 bits per heavy atom. The molecule has 0 bridgehead atoms. The van der Waals surface area contributed by atoms with E-state index in [9.17, 15) is 14.4 Å². The third-order valence-electron chi connectivity index (χ3n) is 2.88. The van der Waals surface area contributed by atoms with Gasteiger partial charge in [-0.1, -0.05) is 11.8 Å². The van der Waals surface area contributed by atoms with Gasteiger partial charge in [0.05, 0.1) is 5.25 Å². The van der Waals surface area contributed by atoms with Crippen LogP contribution in [0.3, 0.4) is 0 Å². The number of amides is 3. The van der Waals surface area contributed by atoms with Crippen LogP contribution in [0.4, 0.5) is 10.5 Å². The summed E-state index contributed by atoms with van der Waals surface area (Å²) >= 11 is 1.24. The highest BCUT2D eigenvalue weighted by atomic mass is 32.2. The van der Waals surface area contributed by atoms with Gasteiger partial charge in [0, 0.05) is 24.5 Å². The lowest BCUT2D eigenvalue weighted by molar-refractivity contribution is -0.119. The fraction of sp³-hybridized carbons (Fsp3) is 0.214. The number of hydrogen-bond acceptors (Lipinski definition) is 6. The maximum absolute atomic E-state index is 11.7. The zero-order valence-electron chi connectivity index (χ0n) is 12.5. The van der Waals surface area contributed by atoms with Crippen molar-refractivity contribution in [2.75, 3.05) is 12.4 Å². The first-order valence-corrected chi connectivity index (χ1v) is 7.60. The fourth-order valence-corrected chi connectivity index (χ4v) is 2.45. The SMILES string of the molecule is CNC(=O)c1ccc(NC(=O)ONC2=CNC(=O)C(C)S2)cc1. The van der Waals surface area contributed by atoms with Crippen molar-refractivity contribution < 1.29 is 19.2 Å². The summed E-state index contributed by atoms with van der Waals surface area (Å²) in [5.74, 6) is -0.320. The average molecular weight is 336 g/mol. The molecule has 9 heteroatoms. The number of carbonyl (C=O) groups excluding carboxylic acids is 3. The minimum Gasteiger partial charge on any atom is -0.355 e. The maximum Gasteiger partial charge on any atom is 0.435 e. The smallest absolute Gasteiger partial charge is 0.355 e. The van der Waals surface area contributed by atoms with E-state index in [2.05, 4.69) is 21.4 Å². The van der Waals surface area contributed by atoms with Crippen LogP contribution in [0.25, 0.3) is 0 Å². The van der Waals surface area contributed by atoms with Gasteiger partial charge in [-0.15, -0.1) is 0 Å². The van der Waals surface area contributed by atoms with Crippen molar-refractivity contribution in [3.05, 3.63) is 41.1 Å². The average Bonchev–Trinajstić information content (AvgIpc) is 2.56. The van der Waals surface area contributed by atoms with Gasteiger partial charge in [0.15, 0.2) is 0 Å². The lowest BCUT2D eigenvalue weighted by Crippen LogP contribution is -2.34. The van der Waals surface area contributed by atoms with E-state index in [4.69, 9.17) is 4.84 Å². The van der Waals surface area contributed by atoms with Crippen LogP contribution in [-0.2, 0) is 9.63 Å². The minimum absolute atomic E-state index is 0.110. The second-order valence-electron chi connectivity index (χ2n) is 4.55. The number of thioether (sulfide) groups is 1. The number of benzene rings is 1. The fourth-order valence-electron chi connectivity index (χ4n) is 1.67. The summed E-state index contributed by atoms with van der Waals surface area (Å²) in [6.45, 7) is 1.74. The molecule has 1 aromatic rings. The van der Waals surface area contributed by atoms with Crippen LogP contribution in [0, 0.1) is 0 Å². The molecule has 0 fully saturated rings. The number of rotatable bonds is 4. The van der Waals surface area contributed by atoms with Crippen molar-refractivity contribution in [2.45, 2.75) is 12.2 Å². The molecule has 122 valence electrons. The minimum atomic E-state index is -0.719. The van der Waals surface area contributed by atoms with E-state index in [1.165, 1.54) is 18.0 Å². The van der Waals surface area contributed by atoms with Crippen LogP contribution in [0.5, 0.6) is 0 Å². The monoisotopic (exact) mass is 336 g/mol. The van der Waals surface area contributed by atoms with Gasteiger partial charge in [0.2, 0.25) is 5.91 Å². The first-order chi connectivity index (χ1) is 11.0. The molecular formula is C14H16N4O4S. The molecule has 0 spiro atoms. The third kappa shape index (κ3) is 4.65. The van der Waals surface area contributed by atoms with Crippen molar-refractivity contribution in [1.29, 1.82) is 0 Å². The summed E-state index contributed by atoms with van der Waals surface area (Å²) in [6, 6.07) is 6.34. The van der Waals surface area contributed by atoms with Gasteiger partial charge in [0.25, 0.3) is 5.91 Å². The molecule has 1 heterocycles. The van der Waals surface area contributed by atoms with Gasteiger partial charge in [-0.25, -0.2) is 10.3 Å². The summed E-state index contributed by atoms with van der Waals surface area (Å²) in [5.41, 5.74) is 3.43. The van der Waals surface area contributed by atoms with Crippen molar-refractivity contribution >= 4 is 35.4 Å². The Kier molecular flexibility index (Phi) is 5.47. The Balaban J connectivity index is 1.83. The molecule has 0 radical (unpaired) electrons. The highest BCUT2D eigenvalue weighted by Gasteiger charge is 2.20. The van der Waals surface area contributed by atoms with E-state index in [1.807, 2.05) is 0 Å². The number of carbonyl (C=O) groups is 3. The largest absolute Gasteiger partial charge is 0.435 e. The molecule has 4 N–H and O–H groups in total. The quantitative estimate of drug-likeness (QED) is 0.614. The second kappa shape index (κ2) is 7.54. The van der Waals surface area contributed by atoms with E-state index in [-0.39, 0.29) is 17.1 Å². The van der Waals surface area contributed by atoms with Crippen LogP contribution in [0.15, 0.2) is 35.5 Å². The first kappa shape index (κ1) is 16.7. The third-order valence-corrected chi connectivity index (χ3v) is 3.91. The van der Waals surface area contributed by atoms with Crippen LogP contribution < -0.4 is 21.4 Å². The molecular weight excluding hydrogens is 320 g/mol. The predicted octanol–water partition coefficient (Wildman–Crippen LogP) is 1.15. The molecule has 3 amide bonds. The van der Waals surface area contributed by atoms with Crippen LogP contribution in [0.2, 0.25) is 0 Å². The molecule has 1 aliphatic rings. The zero-order chi connectivity index (χ0) is 16.8. The molecule has 8 nitrogen and oxygen atoms in total. The molecule has 0 aliphatic carbocycles. The normalized spacial score (nSPS) is 16.7. The topological polar surface area (TPSA) is 109 Å². The second-order valence-corrected chi connectivity index (χ2v) is 5.93. The molecule has 23 heavy (non-hydrogen) atoms. The van der Waals surface area contributed by atoms with Crippen molar-refractivity contribution in [3.63, 3.8) is 0 Å². The number of anilines is 1. The molecule has 1 aliphatic heterocycles. The molecule has 1 unspecified atom stereocenters. The molecule has 1 atom stereocenters. The van der Waals surface area contributed by atoms with Crippen LogP contribution >= 0.6 is 11.8 Å². The summed E-state index contributed by atoms with van der Waals surface area (Å²) in [5, 5.41) is 7.80. The highest BCUT2D eigenvalue weighted by Crippen LogP contribution is 2.22. The lowest BCUT2D eigenvalue weighted by atomic mass is 10.2. The Hall–Kier alpha value is -2.68. The van der Waals surface area contributed by atoms with Crippen molar-refractivity contribution in [2.24, 2.45) is 0 Å². The predicted molar refractivity (Wildman–Crippen MR) is 86.4 cm³/mol. The van der Waals surface area contributed by atoms with Crippen LogP contribution in [0.1, 0.15) is 17.3 Å². The molecule has 0 saturated heterocycles. The Bertz CT molecular complexity index is 645. The van der Waals surface area contributed by atoms with E-state index >= 15 is 0 Å². The van der Waals surface area contributed by atoms with Gasteiger partial charge in [0.1, 0.15) is 5.03 Å². The molecule has 2 rings (SSSR count). The first-order valence-electron chi connectivity index (χ1n) is 6.73. The van der Waals surface area contributed by atoms with Crippen LogP contribution in [-0.4, -0.2) is 30.2 Å². The van der Waals surface area contributed by atoms with E-state index < -0.39 is 6.09 Å². The summed E-state index contributed by atoms with van der Waals surface area (Å²) in [6.07, 6.45) is 0.710. The zero-order valence-corrected chi connectivity index (χ0v) is 13.3. The Labute approximate surface area is 137 Å². The number of hydrogen-bond donors (Lipinski definition) is 4. The summed E-state index contributed by atoms with van der Waals surface area (Å²) in [7, 11) is 1.54. The van der Waals surface area contributed by atoms with Gasteiger partial charge >= 0.3 is 6.09 Å². The maximum atomic E-state index is 11.7. The molecule has 1 aromatic carbocycles. The Morgan fingerprint density at radius 2 is 1.96 bits per heavy atom. The standard InChI is InChI=1S/C14H16N4O4S/c1-8-12(19)16-7-11(23-8)18-22-14(21)17-10-5-3-9(4-6-10)13(20)15-2/h3-8,18H,1-2H3,(H,15,20)(H,16,19)(H,17,21). The number of nitrogens with one attached hydrogen (secondary N) is 4. The summed E-state index contributed by atoms with van der Waals surface area (Å²) in [4.78, 5) is 39.2.